The largest absolute Gasteiger partial charge is 0.351 e. The highest BCUT2D eigenvalue weighted by atomic mass is 35.5. The fourth-order valence-corrected chi connectivity index (χ4v) is 5.47. The van der Waals surface area contributed by atoms with Crippen molar-refractivity contribution >= 4 is 48.0 Å². The molecule has 0 aromatic heterocycles. The van der Waals surface area contributed by atoms with Crippen LogP contribution in [0.1, 0.15) is 68.9 Å². The Morgan fingerprint density at radius 1 is 0.925 bits per heavy atom. The summed E-state index contributed by atoms with van der Waals surface area (Å²) in [5, 5.41) is 21.0. The molecule has 0 saturated carbocycles. The van der Waals surface area contributed by atoms with E-state index in [1.165, 1.54) is 6.42 Å². The predicted octanol–water partition coefficient (Wildman–Crippen LogP) is 4.24. The van der Waals surface area contributed by atoms with E-state index in [2.05, 4.69) is 16.3 Å². The van der Waals surface area contributed by atoms with E-state index in [-0.39, 0.29) is 24.3 Å². The first kappa shape index (κ1) is 31.2. The maximum Gasteiger partial charge on any atom is 0.318 e. The molecule has 0 radical (unpaired) electrons. The van der Waals surface area contributed by atoms with Gasteiger partial charge in [-0.1, -0.05) is 17.7 Å². The lowest BCUT2D eigenvalue weighted by molar-refractivity contribution is 0.253. The number of urea groups is 1. The van der Waals surface area contributed by atoms with Crippen LogP contribution in [0.25, 0.3) is 0 Å². The summed E-state index contributed by atoms with van der Waals surface area (Å²) in [7, 11) is 0. The van der Waals surface area contributed by atoms with Crippen LogP contribution < -0.4 is 16.0 Å². The van der Waals surface area contributed by atoms with Gasteiger partial charge in [0.1, 0.15) is 0 Å². The van der Waals surface area contributed by atoms with Crippen LogP contribution in [0.3, 0.4) is 0 Å². The zero-order valence-corrected chi connectivity index (χ0v) is 24.7. The van der Waals surface area contributed by atoms with E-state index in [0.29, 0.717) is 25.0 Å². The number of carbonyl (C=O) groups is 1. The zero-order valence-electron chi connectivity index (χ0n) is 23.9. The Morgan fingerprint density at radius 2 is 1.52 bits per heavy atom. The number of carbonyl (C=O) groups excluding carboxylic acids is 1. The van der Waals surface area contributed by atoms with E-state index < -0.39 is 6.03 Å². The number of aryl methyl sites for hydroxylation is 2. The highest BCUT2D eigenvalue weighted by Gasteiger charge is 2.30. The van der Waals surface area contributed by atoms with Gasteiger partial charge in [-0.2, -0.15) is 4.99 Å². The van der Waals surface area contributed by atoms with Crippen molar-refractivity contribution in [3.05, 3.63) is 29.3 Å². The van der Waals surface area contributed by atoms with Gasteiger partial charge in [0.25, 0.3) is 0 Å². The number of rotatable bonds is 1. The van der Waals surface area contributed by atoms with Crippen molar-refractivity contribution in [2.45, 2.75) is 71.6 Å². The van der Waals surface area contributed by atoms with Crippen LogP contribution in [-0.4, -0.2) is 83.8 Å². The van der Waals surface area contributed by atoms with E-state index in [4.69, 9.17) is 21.1 Å². The molecule has 4 rings (SSSR count). The highest BCUT2D eigenvalue weighted by Crippen LogP contribution is 2.24. The van der Waals surface area contributed by atoms with Gasteiger partial charge in [0.05, 0.1) is 5.69 Å². The second-order valence-corrected chi connectivity index (χ2v) is 10.7. The number of anilines is 1. The molecule has 2 fully saturated rings. The van der Waals surface area contributed by atoms with Crippen LogP contribution in [0.4, 0.5) is 10.5 Å². The summed E-state index contributed by atoms with van der Waals surface area (Å²) >= 11 is 0. The zero-order chi connectivity index (χ0) is 27.8. The molecule has 2 amide bonds. The van der Waals surface area contributed by atoms with Crippen molar-refractivity contribution in [1.82, 2.24) is 20.0 Å². The maximum atomic E-state index is 12.3. The third-order valence-corrected chi connectivity index (χ3v) is 7.56. The van der Waals surface area contributed by atoms with Gasteiger partial charge in [0.2, 0.25) is 23.8 Å². The number of aliphatic imine (C=N–C) groups is 2. The number of hydrogen-bond donors (Lipinski definition) is 4. The monoisotopic (exact) mass is 572 g/mol. The van der Waals surface area contributed by atoms with Crippen LogP contribution in [0, 0.1) is 24.7 Å². The number of nitrogens with two attached hydrogens (primary N) is 1. The molecule has 0 spiro atoms. The van der Waals surface area contributed by atoms with E-state index >= 15 is 0 Å². The fraction of sp³-hybridized carbons (Fsp3) is 0.607. The highest BCUT2D eigenvalue weighted by molar-refractivity contribution is 6.22. The van der Waals surface area contributed by atoms with Crippen LogP contribution in [-0.2, 0) is 0 Å². The second-order valence-electron chi connectivity index (χ2n) is 10.7. The molecular formula is C28H45ClN10O. The smallest absolute Gasteiger partial charge is 0.318 e. The number of likely N-dealkylation sites (tertiary alicyclic amines) is 2. The first-order chi connectivity index (χ1) is 18.8. The Balaban J connectivity index is 0.00000441. The van der Waals surface area contributed by atoms with Crippen LogP contribution in [0.5, 0.6) is 0 Å². The molecule has 0 unspecified atom stereocenters. The van der Waals surface area contributed by atoms with Crippen molar-refractivity contribution in [3.8, 4) is 0 Å². The molecule has 1 aromatic carbocycles. The van der Waals surface area contributed by atoms with Gasteiger partial charge in [-0.3, -0.25) is 30.9 Å². The van der Waals surface area contributed by atoms with Gasteiger partial charge >= 0.3 is 6.03 Å². The Morgan fingerprint density at radius 3 is 2.15 bits per heavy atom. The molecule has 3 heterocycles. The molecule has 2 saturated heterocycles. The third-order valence-electron chi connectivity index (χ3n) is 7.56. The van der Waals surface area contributed by atoms with Crippen LogP contribution in [0.15, 0.2) is 28.2 Å². The molecule has 220 valence electrons. The Labute approximate surface area is 244 Å². The second kappa shape index (κ2) is 14.9. The summed E-state index contributed by atoms with van der Waals surface area (Å²) in [6.45, 7) is 8.43. The molecule has 12 heteroatoms. The SMILES string of the molecule is Cc1ccc(N(C(=N)N2CCCCC2)/C(=N/C2=NCCCCCN2C(=N)N2CCCCC2)NC(N)=O)c(C)c1.Cl. The average Bonchev–Trinajstić information content (AvgIpc) is 2.92. The van der Waals surface area contributed by atoms with Crippen molar-refractivity contribution in [2.24, 2.45) is 15.7 Å². The van der Waals surface area contributed by atoms with Crippen molar-refractivity contribution in [1.29, 1.82) is 10.8 Å². The molecule has 3 aliphatic heterocycles. The van der Waals surface area contributed by atoms with E-state index in [1.807, 2.05) is 35.8 Å². The van der Waals surface area contributed by atoms with Crippen molar-refractivity contribution in [2.75, 3.05) is 44.2 Å². The lowest BCUT2D eigenvalue weighted by Gasteiger charge is -2.37. The van der Waals surface area contributed by atoms with Gasteiger partial charge in [-0.15, -0.1) is 12.4 Å². The van der Waals surface area contributed by atoms with E-state index in [1.54, 1.807) is 4.90 Å². The molecule has 3 aliphatic rings. The number of primary amides is 1. The van der Waals surface area contributed by atoms with E-state index in [0.717, 1.165) is 94.4 Å². The predicted molar refractivity (Wildman–Crippen MR) is 165 cm³/mol. The van der Waals surface area contributed by atoms with Gasteiger partial charge in [-0.05, 0) is 83.3 Å². The van der Waals surface area contributed by atoms with Crippen molar-refractivity contribution < 1.29 is 4.79 Å². The molecule has 40 heavy (non-hydrogen) atoms. The van der Waals surface area contributed by atoms with Crippen molar-refractivity contribution in [3.63, 3.8) is 0 Å². The first-order valence-electron chi connectivity index (χ1n) is 14.4. The Hall–Kier alpha value is -3.34. The van der Waals surface area contributed by atoms with Gasteiger partial charge in [0, 0.05) is 39.3 Å². The third kappa shape index (κ3) is 7.87. The maximum absolute atomic E-state index is 12.3. The Bertz CT molecular complexity index is 1110. The topological polar surface area (TPSA) is 140 Å². The Kier molecular flexibility index (Phi) is 11.6. The van der Waals surface area contributed by atoms with E-state index in [9.17, 15) is 10.2 Å². The first-order valence-corrected chi connectivity index (χ1v) is 14.4. The number of halogens is 1. The molecule has 1 aromatic rings. The molecular weight excluding hydrogens is 528 g/mol. The number of benzene rings is 1. The summed E-state index contributed by atoms with van der Waals surface area (Å²) < 4.78 is 0. The minimum atomic E-state index is -0.765. The molecule has 5 N–H and O–H groups in total. The van der Waals surface area contributed by atoms with Crippen LogP contribution in [0.2, 0.25) is 0 Å². The van der Waals surface area contributed by atoms with Crippen LogP contribution >= 0.6 is 12.4 Å². The number of hydrogen-bond acceptors (Lipinski definition) is 5. The molecule has 11 nitrogen and oxygen atoms in total. The number of amides is 2. The number of nitrogens with zero attached hydrogens (tertiary/aromatic N) is 6. The quantitative estimate of drug-likeness (QED) is 0.294. The summed E-state index contributed by atoms with van der Waals surface area (Å²) in [5.74, 6) is 1.12. The summed E-state index contributed by atoms with van der Waals surface area (Å²) in [6.07, 6.45) is 9.35. The summed E-state index contributed by atoms with van der Waals surface area (Å²) in [5.41, 5.74) is 8.48. The van der Waals surface area contributed by atoms with Gasteiger partial charge < -0.3 is 15.5 Å². The number of guanidine groups is 4. The lowest BCUT2D eigenvalue weighted by Crippen LogP contribution is -2.56. The van der Waals surface area contributed by atoms with Gasteiger partial charge in [0.15, 0.2) is 0 Å². The molecule has 0 atom stereocenters. The standard InChI is InChI=1S/C28H44N10O.ClH/c1-21-12-13-23(22(2)20-21)38(26(31)36-17-9-5-10-18-36)28(33-24(29)39)34-27-32-14-6-3-11-19-37(27)25(30)35-15-7-4-8-16-35;/h12-13,20,30-31H,3-11,14-19H2,1-2H3,(H3,29,32,33,34,39);1H. The lowest BCUT2D eigenvalue weighted by atomic mass is 10.1. The minimum Gasteiger partial charge on any atom is -0.351 e. The average molecular weight is 573 g/mol. The fourth-order valence-electron chi connectivity index (χ4n) is 5.47. The normalized spacial score (nSPS) is 18.6. The summed E-state index contributed by atoms with van der Waals surface area (Å²) in [6, 6.07) is 5.24. The number of nitrogens with one attached hydrogen (secondary N) is 3. The van der Waals surface area contributed by atoms with Gasteiger partial charge in [-0.25, -0.2) is 4.79 Å². The minimum absolute atomic E-state index is 0. The summed E-state index contributed by atoms with van der Waals surface area (Å²) in [4.78, 5) is 29.7. The number of piperidine rings is 2. The molecule has 0 aliphatic carbocycles. The molecule has 0 bridgehead atoms.